The van der Waals surface area contributed by atoms with Gasteiger partial charge >= 0.3 is 0 Å². The minimum Gasteiger partial charge on any atom is -0.364 e. The fourth-order valence-corrected chi connectivity index (χ4v) is 2.99. The standard InChI is InChI=1S/C14H14N2/c1-3-11-5-6-12-4-2-8-16-10-9-15(7-1)13(11)14(12)16/h1-6H,7-10H2. The van der Waals surface area contributed by atoms with Gasteiger partial charge in [-0.1, -0.05) is 36.4 Å². The molecule has 4 rings (SSSR count). The molecule has 0 saturated heterocycles. The Balaban J connectivity index is 2.06. The van der Waals surface area contributed by atoms with Gasteiger partial charge in [0.15, 0.2) is 0 Å². The Morgan fingerprint density at radius 3 is 1.75 bits per heavy atom. The van der Waals surface area contributed by atoms with E-state index in [9.17, 15) is 0 Å². The van der Waals surface area contributed by atoms with Crippen molar-refractivity contribution < 1.29 is 0 Å². The van der Waals surface area contributed by atoms with Gasteiger partial charge in [-0.25, -0.2) is 0 Å². The van der Waals surface area contributed by atoms with Crippen LogP contribution in [0.1, 0.15) is 11.1 Å². The lowest BCUT2D eigenvalue weighted by atomic mass is 9.96. The Morgan fingerprint density at radius 2 is 1.25 bits per heavy atom. The van der Waals surface area contributed by atoms with Crippen LogP contribution >= 0.6 is 0 Å². The topological polar surface area (TPSA) is 6.48 Å². The molecule has 0 N–H and O–H groups in total. The third kappa shape index (κ3) is 0.967. The first kappa shape index (κ1) is 8.45. The highest BCUT2D eigenvalue weighted by Crippen LogP contribution is 2.43. The second-order valence-electron chi connectivity index (χ2n) is 4.64. The Bertz CT molecular complexity index is 467. The van der Waals surface area contributed by atoms with Crippen LogP contribution in [0.15, 0.2) is 24.3 Å². The molecular weight excluding hydrogens is 196 g/mol. The van der Waals surface area contributed by atoms with Crippen LogP contribution in [0, 0.1) is 0 Å². The number of rotatable bonds is 0. The van der Waals surface area contributed by atoms with E-state index in [4.69, 9.17) is 0 Å². The monoisotopic (exact) mass is 210 g/mol. The Labute approximate surface area is 95.5 Å². The number of nitrogens with zero attached hydrogens (tertiary/aromatic N) is 2. The normalized spacial score (nSPS) is 20.0. The van der Waals surface area contributed by atoms with Crippen molar-refractivity contribution in [1.29, 1.82) is 0 Å². The van der Waals surface area contributed by atoms with Crippen molar-refractivity contribution >= 4 is 23.5 Å². The maximum absolute atomic E-state index is 2.50. The largest absolute Gasteiger partial charge is 0.364 e. The molecule has 2 heteroatoms. The Hall–Kier alpha value is -1.70. The fourth-order valence-electron chi connectivity index (χ4n) is 2.99. The molecule has 0 radical (unpaired) electrons. The molecule has 0 saturated carbocycles. The van der Waals surface area contributed by atoms with E-state index in [0.29, 0.717) is 0 Å². The highest BCUT2D eigenvalue weighted by Gasteiger charge is 2.28. The summed E-state index contributed by atoms with van der Waals surface area (Å²) in [4.78, 5) is 5.01. The van der Waals surface area contributed by atoms with Crippen molar-refractivity contribution in [1.82, 2.24) is 0 Å². The van der Waals surface area contributed by atoms with Crippen molar-refractivity contribution in [3.8, 4) is 0 Å². The van der Waals surface area contributed by atoms with Gasteiger partial charge in [0.2, 0.25) is 0 Å². The molecule has 0 fully saturated rings. The van der Waals surface area contributed by atoms with E-state index in [1.54, 1.807) is 0 Å². The first-order valence-corrected chi connectivity index (χ1v) is 5.93. The molecule has 80 valence electrons. The van der Waals surface area contributed by atoms with Gasteiger partial charge in [-0.2, -0.15) is 0 Å². The maximum Gasteiger partial charge on any atom is 0.0687 e. The molecule has 0 amide bonds. The molecule has 2 nitrogen and oxygen atoms in total. The summed E-state index contributed by atoms with van der Waals surface area (Å²) < 4.78 is 0. The van der Waals surface area contributed by atoms with Crippen molar-refractivity contribution in [2.75, 3.05) is 36.0 Å². The quantitative estimate of drug-likeness (QED) is 0.648. The zero-order valence-electron chi connectivity index (χ0n) is 9.19. The van der Waals surface area contributed by atoms with Crippen molar-refractivity contribution in [2.45, 2.75) is 0 Å². The maximum atomic E-state index is 2.50. The summed E-state index contributed by atoms with van der Waals surface area (Å²) in [5.74, 6) is 0. The molecule has 0 atom stereocenters. The predicted octanol–water partition coefficient (Wildman–Crippen LogP) is 2.37. The number of hydrogen-bond donors (Lipinski definition) is 0. The van der Waals surface area contributed by atoms with Crippen LogP contribution in [0.25, 0.3) is 12.2 Å². The zero-order valence-corrected chi connectivity index (χ0v) is 9.19. The number of hydrogen-bond acceptors (Lipinski definition) is 2. The molecule has 0 aliphatic carbocycles. The smallest absolute Gasteiger partial charge is 0.0687 e. The van der Waals surface area contributed by atoms with E-state index < -0.39 is 0 Å². The molecule has 1 aromatic carbocycles. The fraction of sp³-hybridized carbons (Fsp3) is 0.286. The molecule has 0 bridgehead atoms. The lowest BCUT2D eigenvalue weighted by Gasteiger charge is -2.42. The van der Waals surface area contributed by atoms with E-state index in [-0.39, 0.29) is 0 Å². The summed E-state index contributed by atoms with van der Waals surface area (Å²) in [5, 5.41) is 0. The molecule has 3 heterocycles. The van der Waals surface area contributed by atoms with E-state index >= 15 is 0 Å². The molecule has 3 aliphatic heterocycles. The molecule has 0 spiro atoms. The van der Waals surface area contributed by atoms with Crippen molar-refractivity contribution in [3.63, 3.8) is 0 Å². The Morgan fingerprint density at radius 1 is 0.750 bits per heavy atom. The van der Waals surface area contributed by atoms with Crippen LogP contribution in [0.5, 0.6) is 0 Å². The second kappa shape index (κ2) is 2.91. The second-order valence-corrected chi connectivity index (χ2v) is 4.64. The van der Waals surface area contributed by atoms with Gasteiger partial charge in [-0.15, -0.1) is 0 Å². The van der Waals surface area contributed by atoms with E-state index in [2.05, 4.69) is 46.2 Å². The van der Waals surface area contributed by atoms with Gasteiger partial charge in [-0.3, -0.25) is 0 Å². The van der Waals surface area contributed by atoms with Gasteiger partial charge in [0.1, 0.15) is 0 Å². The summed E-state index contributed by atoms with van der Waals surface area (Å²) in [5.41, 5.74) is 5.67. The SMILES string of the molecule is C1=Cc2ccc3c4c2N(C1)CCN4CC=C3. The van der Waals surface area contributed by atoms with Gasteiger partial charge in [0.25, 0.3) is 0 Å². The molecule has 16 heavy (non-hydrogen) atoms. The number of benzene rings is 1. The summed E-state index contributed by atoms with van der Waals surface area (Å²) >= 11 is 0. The summed E-state index contributed by atoms with van der Waals surface area (Å²) in [6.45, 7) is 4.45. The number of anilines is 2. The molecule has 0 aromatic heterocycles. The third-order valence-electron chi connectivity index (χ3n) is 3.73. The lowest BCUT2D eigenvalue weighted by molar-refractivity contribution is 0.743. The van der Waals surface area contributed by atoms with Crippen LogP contribution < -0.4 is 9.80 Å². The lowest BCUT2D eigenvalue weighted by Crippen LogP contribution is -2.43. The first-order valence-electron chi connectivity index (χ1n) is 5.93. The average molecular weight is 210 g/mol. The molecule has 0 unspecified atom stereocenters. The summed E-state index contributed by atoms with van der Waals surface area (Å²) in [6, 6.07) is 4.49. The zero-order chi connectivity index (χ0) is 10.5. The van der Waals surface area contributed by atoms with Crippen molar-refractivity contribution in [3.05, 3.63) is 35.4 Å². The molecule has 3 aliphatic rings. The predicted molar refractivity (Wildman–Crippen MR) is 68.9 cm³/mol. The highest BCUT2D eigenvalue weighted by atomic mass is 15.3. The van der Waals surface area contributed by atoms with Crippen LogP contribution in [0.2, 0.25) is 0 Å². The third-order valence-corrected chi connectivity index (χ3v) is 3.73. The van der Waals surface area contributed by atoms with Crippen LogP contribution in [0.3, 0.4) is 0 Å². The minimum atomic E-state index is 1.07. The van der Waals surface area contributed by atoms with E-state index in [1.165, 1.54) is 22.5 Å². The van der Waals surface area contributed by atoms with Crippen LogP contribution in [-0.4, -0.2) is 26.2 Å². The average Bonchev–Trinajstić information content (AvgIpc) is 2.36. The summed E-state index contributed by atoms with van der Waals surface area (Å²) in [6.07, 6.45) is 9.05. The van der Waals surface area contributed by atoms with Gasteiger partial charge in [0.05, 0.1) is 11.4 Å². The first-order chi connectivity index (χ1) is 7.93. The van der Waals surface area contributed by atoms with E-state index in [0.717, 1.165) is 26.2 Å². The van der Waals surface area contributed by atoms with E-state index in [1.807, 2.05) is 0 Å². The van der Waals surface area contributed by atoms with Gasteiger partial charge in [-0.05, 0) is 11.1 Å². The van der Waals surface area contributed by atoms with Crippen LogP contribution in [0.4, 0.5) is 11.4 Å². The molecule has 1 aromatic rings. The van der Waals surface area contributed by atoms with Gasteiger partial charge < -0.3 is 9.80 Å². The minimum absolute atomic E-state index is 1.07. The summed E-state index contributed by atoms with van der Waals surface area (Å²) in [7, 11) is 0. The molecular formula is C14H14N2. The van der Waals surface area contributed by atoms with Crippen molar-refractivity contribution in [2.24, 2.45) is 0 Å². The Kier molecular flexibility index (Phi) is 1.54. The van der Waals surface area contributed by atoms with Crippen LogP contribution in [-0.2, 0) is 0 Å². The highest BCUT2D eigenvalue weighted by molar-refractivity contribution is 5.91. The van der Waals surface area contributed by atoms with Gasteiger partial charge in [0, 0.05) is 26.2 Å².